The highest BCUT2D eigenvalue weighted by Crippen LogP contribution is 2.10. The van der Waals surface area contributed by atoms with Crippen molar-refractivity contribution in [1.29, 1.82) is 0 Å². The molecule has 1 atom stereocenters. The lowest BCUT2D eigenvalue weighted by atomic mass is 10.1. The fourth-order valence-corrected chi connectivity index (χ4v) is 2.05. The summed E-state index contributed by atoms with van der Waals surface area (Å²) in [4.78, 5) is 23.5. The molecule has 1 amide bonds. The van der Waals surface area contributed by atoms with Gasteiger partial charge in [0.25, 0.3) is 0 Å². The minimum atomic E-state index is -0.985. The first-order chi connectivity index (χ1) is 8.63. The molecule has 2 N–H and O–H groups in total. The van der Waals surface area contributed by atoms with Crippen molar-refractivity contribution in [3.63, 3.8) is 0 Å². The zero-order valence-corrected chi connectivity index (χ0v) is 11.1. The van der Waals surface area contributed by atoms with Crippen LogP contribution in [0, 0.1) is 0 Å². The number of thiophene rings is 1. The van der Waals surface area contributed by atoms with Gasteiger partial charge in [-0.25, -0.2) is 4.79 Å². The van der Waals surface area contributed by atoms with Gasteiger partial charge in [-0.15, -0.1) is 11.3 Å². The van der Waals surface area contributed by atoms with E-state index in [4.69, 9.17) is 5.11 Å². The molecule has 0 aliphatic carbocycles. The molecule has 0 spiro atoms. The van der Waals surface area contributed by atoms with E-state index in [1.165, 1.54) is 17.4 Å². The number of carbonyl (C=O) groups excluding carboxylic acids is 1. The molecule has 0 fully saturated rings. The van der Waals surface area contributed by atoms with Crippen molar-refractivity contribution in [1.82, 2.24) is 5.32 Å². The first-order valence-corrected chi connectivity index (χ1v) is 6.76. The molecule has 1 aromatic rings. The molecular weight excluding hydrogens is 250 g/mol. The van der Waals surface area contributed by atoms with Gasteiger partial charge in [0, 0.05) is 11.0 Å². The Morgan fingerprint density at radius 3 is 2.89 bits per heavy atom. The van der Waals surface area contributed by atoms with Crippen LogP contribution in [0.15, 0.2) is 23.6 Å². The maximum atomic E-state index is 11.6. The molecule has 0 aromatic carbocycles. The number of carbonyl (C=O) groups is 2. The fourth-order valence-electron chi connectivity index (χ4n) is 1.43. The van der Waals surface area contributed by atoms with Crippen molar-refractivity contribution in [2.45, 2.75) is 32.2 Å². The monoisotopic (exact) mass is 267 g/mol. The normalized spacial score (nSPS) is 12.5. The van der Waals surface area contributed by atoms with Gasteiger partial charge in [0.05, 0.1) is 0 Å². The van der Waals surface area contributed by atoms with Gasteiger partial charge in [0.1, 0.15) is 6.04 Å². The minimum absolute atomic E-state index is 0.369. The molecule has 0 saturated heterocycles. The number of unbranched alkanes of at least 4 members (excludes halogenated alkanes) is 1. The molecular formula is C13H17NO3S. The third-order valence-electron chi connectivity index (χ3n) is 2.40. The summed E-state index contributed by atoms with van der Waals surface area (Å²) in [5.74, 6) is -1.35. The van der Waals surface area contributed by atoms with E-state index in [1.54, 1.807) is 6.08 Å². The Morgan fingerprint density at radius 1 is 1.56 bits per heavy atom. The third-order valence-corrected chi connectivity index (χ3v) is 3.24. The Bertz CT molecular complexity index is 412. The van der Waals surface area contributed by atoms with Crippen LogP contribution in [0.25, 0.3) is 6.08 Å². The van der Waals surface area contributed by atoms with E-state index in [-0.39, 0.29) is 5.91 Å². The number of rotatable bonds is 7. The zero-order chi connectivity index (χ0) is 13.4. The summed E-state index contributed by atoms with van der Waals surface area (Å²) < 4.78 is 0. The Balaban J connectivity index is 2.48. The summed E-state index contributed by atoms with van der Waals surface area (Å²) in [6.45, 7) is 1.98. The van der Waals surface area contributed by atoms with Gasteiger partial charge >= 0.3 is 5.97 Å². The molecule has 18 heavy (non-hydrogen) atoms. The van der Waals surface area contributed by atoms with Gasteiger partial charge in [0.2, 0.25) is 5.91 Å². The van der Waals surface area contributed by atoms with Gasteiger partial charge in [0.15, 0.2) is 0 Å². The molecule has 4 nitrogen and oxygen atoms in total. The number of nitrogens with one attached hydrogen (secondary N) is 1. The van der Waals surface area contributed by atoms with E-state index in [0.717, 1.165) is 17.7 Å². The molecule has 0 unspecified atom stereocenters. The van der Waals surface area contributed by atoms with E-state index in [9.17, 15) is 9.59 Å². The van der Waals surface area contributed by atoms with E-state index in [0.29, 0.717) is 6.42 Å². The number of carboxylic acid groups (broad SMARTS) is 1. The molecule has 0 saturated carbocycles. The van der Waals surface area contributed by atoms with E-state index in [2.05, 4.69) is 5.32 Å². The van der Waals surface area contributed by atoms with Gasteiger partial charge in [-0.05, 0) is 23.9 Å². The van der Waals surface area contributed by atoms with Gasteiger partial charge in [-0.1, -0.05) is 25.8 Å². The Kier molecular flexibility index (Phi) is 6.14. The van der Waals surface area contributed by atoms with Crippen molar-refractivity contribution in [2.24, 2.45) is 0 Å². The second-order valence-corrected chi connectivity index (χ2v) is 4.87. The summed E-state index contributed by atoms with van der Waals surface area (Å²) in [6.07, 6.45) is 5.20. The van der Waals surface area contributed by atoms with Crippen LogP contribution in [0.4, 0.5) is 0 Å². The van der Waals surface area contributed by atoms with E-state index in [1.807, 2.05) is 24.4 Å². The summed E-state index contributed by atoms with van der Waals surface area (Å²) in [7, 11) is 0. The van der Waals surface area contributed by atoms with Crippen LogP contribution in [0.5, 0.6) is 0 Å². The van der Waals surface area contributed by atoms with E-state index < -0.39 is 12.0 Å². The number of aliphatic carboxylic acids is 1. The summed E-state index contributed by atoms with van der Waals surface area (Å²) in [5, 5.41) is 13.4. The highest BCUT2D eigenvalue weighted by atomic mass is 32.1. The van der Waals surface area contributed by atoms with Crippen LogP contribution in [-0.4, -0.2) is 23.0 Å². The van der Waals surface area contributed by atoms with Gasteiger partial charge in [-0.2, -0.15) is 0 Å². The van der Waals surface area contributed by atoms with Gasteiger partial charge in [-0.3, -0.25) is 4.79 Å². The second-order valence-electron chi connectivity index (χ2n) is 3.89. The maximum Gasteiger partial charge on any atom is 0.326 e. The largest absolute Gasteiger partial charge is 0.480 e. The smallest absolute Gasteiger partial charge is 0.326 e. The lowest BCUT2D eigenvalue weighted by Crippen LogP contribution is -2.39. The zero-order valence-electron chi connectivity index (χ0n) is 10.3. The van der Waals surface area contributed by atoms with Crippen LogP contribution in [0.2, 0.25) is 0 Å². The third kappa shape index (κ3) is 5.14. The molecule has 1 rings (SSSR count). The Hall–Kier alpha value is -1.62. The summed E-state index contributed by atoms with van der Waals surface area (Å²) in [5.41, 5.74) is 0. The summed E-state index contributed by atoms with van der Waals surface area (Å²) in [6, 6.07) is 2.98. The SMILES string of the molecule is CCCC[C@H](NC(=O)/C=C/c1cccs1)C(=O)O. The van der Waals surface area contributed by atoms with Gasteiger partial charge < -0.3 is 10.4 Å². The first-order valence-electron chi connectivity index (χ1n) is 5.88. The number of hydrogen-bond donors (Lipinski definition) is 2. The molecule has 0 aliphatic rings. The predicted molar refractivity (Wildman–Crippen MR) is 72.4 cm³/mol. The average molecular weight is 267 g/mol. The molecule has 1 heterocycles. The lowest BCUT2D eigenvalue weighted by Gasteiger charge is -2.12. The summed E-state index contributed by atoms with van der Waals surface area (Å²) >= 11 is 1.52. The van der Waals surface area contributed by atoms with Crippen LogP contribution in [0.3, 0.4) is 0 Å². The second kappa shape index (κ2) is 7.66. The fraction of sp³-hybridized carbons (Fsp3) is 0.385. The molecule has 0 radical (unpaired) electrons. The van der Waals surface area contributed by atoms with E-state index >= 15 is 0 Å². The van der Waals surface area contributed by atoms with Crippen molar-refractivity contribution >= 4 is 29.3 Å². The Labute approximate surface area is 110 Å². The molecule has 5 heteroatoms. The van der Waals surface area contributed by atoms with Crippen molar-refractivity contribution < 1.29 is 14.7 Å². The average Bonchev–Trinajstić information content (AvgIpc) is 2.84. The van der Waals surface area contributed by atoms with Crippen LogP contribution < -0.4 is 5.32 Å². The maximum absolute atomic E-state index is 11.6. The topological polar surface area (TPSA) is 66.4 Å². The predicted octanol–water partition coefficient (Wildman–Crippen LogP) is 2.52. The highest BCUT2D eigenvalue weighted by Gasteiger charge is 2.17. The van der Waals surface area contributed by atoms with Crippen LogP contribution in [-0.2, 0) is 9.59 Å². The van der Waals surface area contributed by atoms with Crippen molar-refractivity contribution in [3.05, 3.63) is 28.5 Å². The number of hydrogen-bond acceptors (Lipinski definition) is 3. The minimum Gasteiger partial charge on any atom is -0.480 e. The quantitative estimate of drug-likeness (QED) is 0.746. The number of amides is 1. The molecule has 1 aromatic heterocycles. The van der Waals surface area contributed by atoms with Crippen molar-refractivity contribution in [2.75, 3.05) is 0 Å². The van der Waals surface area contributed by atoms with Crippen LogP contribution in [0.1, 0.15) is 31.1 Å². The van der Waals surface area contributed by atoms with Crippen molar-refractivity contribution in [3.8, 4) is 0 Å². The molecule has 0 aliphatic heterocycles. The van der Waals surface area contributed by atoms with Crippen LogP contribution >= 0.6 is 11.3 Å². The molecule has 0 bridgehead atoms. The Morgan fingerprint density at radius 2 is 2.33 bits per heavy atom. The highest BCUT2D eigenvalue weighted by molar-refractivity contribution is 7.10. The standard InChI is InChI=1S/C13H17NO3S/c1-2-3-6-11(13(16)17)14-12(15)8-7-10-5-4-9-18-10/h4-5,7-9,11H,2-3,6H2,1H3,(H,14,15)(H,16,17)/b8-7+/t11-/m0/s1. The first kappa shape index (κ1) is 14.4. The lowest BCUT2D eigenvalue weighted by molar-refractivity contribution is -0.141. The number of carboxylic acids is 1. The molecule has 98 valence electrons.